The molecule has 12 heteroatoms. The molecule has 0 aliphatic carbocycles. The standard InChI is InChI=1S/C22H30N10O2/c1-29(2)18(14-33)30-5-3-16(4-6-30)32-20-17(13-26-32)19(15-11-24-21(23)25-12-15)27-22(28-20)31-7-9-34-10-8-31/h11-14,16,18H,3-10H2,1-2H3,(H2,23,24,25). The first kappa shape index (κ1) is 22.6. The van der Waals surface area contributed by atoms with Gasteiger partial charge in [0.2, 0.25) is 11.9 Å². The average molecular weight is 467 g/mol. The van der Waals surface area contributed by atoms with Crippen molar-refractivity contribution in [3.05, 3.63) is 18.6 Å². The van der Waals surface area contributed by atoms with E-state index in [1.807, 2.05) is 29.9 Å². The fourth-order valence-corrected chi connectivity index (χ4v) is 4.70. The number of piperidine rings is 1. The number of aromatic nitrogens is 6. The van der Waals surface area contributed by atoms with Gasteiger partial charge in [-0.2, -0.15) is 10.1 Å². The summed E-state index contributed by atoms with van der Waals surface area (Å²) >= 11 is 0. The normalized spacial score (nSPS) is 19.1. The van der Waals surface area contributed by atoms with Crippen molar-refractivity contribution in [3.63, 3.8) is 0 Å². The Morgan fingerprint density at radius 2 is 1.79 bits per heavy atom. The fourth-order valence-electron chi connectivity index (χ4n) is 4.70. The van der Waals surface area contributed by atoms with E-state index in [1.165, 1.54) is 0 Å². The number of fused-ring (bicyclic) bond motifs is 1. The Balaban J connectivity index is 1.50. The van der Waals surface area contributed by atoms with Crippen LogP contribution in [0.4, 0.5) is 11.9 Å². The first-order chi connectivity index (χ1) is 16.5. The highest BCUT2D eigenvalue weighted by molar-refractivity contribution is 5.91. The van der Waals surface area contributed by atoms with E-state index in [-0.39, 0.29) is 18.2 Å². The zero-order chi connectivity index (χ0) is 23.7. The summed E-state index contributed by atoms with van der Waals surface area (Å²) in [6.07, 6.45) is 7.76. The maximum Gasteiger partial charge on any atom is 0.228 e. The van der Waals surface area contributed by atoms with Gasteiger partial charge in [-0.15, -0.1) is 0 Å². The fraction of sp³-hybridized carbons (Fsp3) is 0.545. The van der Waals surface area contributed by atoms with Gasteiger partial charge in [-0.1, -0.05) is 0 Å². The van der Waals surface area contributed by atoms with Gasteiger partial charge < -0.3 is 20.2 Å². The van der Waals surface area contributed by atoms with Crippen molar-refractivity contribution < 1.29 is 9.53 Å². The Bertz CT molecular complexity index is 1130. The summed E-state index contributed by atoms with van der Waals surface area (Å²) in [5.74, 6) is 0.867. The molecule has 2 aliphatic heterocycles. The van der Waals surface area contributed by atoms with E-state index in [1.54, 1.807) is 12.4 Å². The van der Waals surface area contributed by atoms with Gasteiger partial charge in [-0.3, -0.25) is 9.80 Å². The summed E-state index contributed by atoms with van der Waals surface area (Å²) < 4.78 is 7.53. The number of anilines is 2. The number of rotatable bonds is 6. The topological polar surface area (TPSA) is 131 Å². The number of ether oxygens (including phenoxy) is 1. The van der Waals surface area contributed by atoms with Crippen LogP contribution in [-0.4, -0.2) is 105 Å². The highest BCUT2D eigenvalue weighted by Crippen LogP contribution is 2.32. The number of nitrogen functional groups attached to an aromatic ring is 1. The number of carbonyl (C=O) groups excluding carboxylic acids is 1. The Kier molecular flexibility index (Phi) is 6.35. The molecule has 1 unspecified atom stereocenters. The van der Waals surface area contributed by atoms with Gasteiger partial charge in [0.1, 0.15) is 6.17 Å². The number of nitrogens with zero attached hydrogens (tertiary/aromatic N) is 9. The Morgan fingerprint density at radius 1 is 1.09 bits per heavy atom. The summed E-state index contributed by atoms with van der Waals surface area (Å²) in [5.41, 5.74) is 8.01. The number of likely N-dealkylation sites (N-methyl/N-ethyl adjacent to an activating group) is 1. The summed E-state index contributed by atoms with van der Waals surface area (Å²) in [4.78, 5) is 36.0. The molecule has 2 saturated heterocycles. The number of hydrogen-bond acceptors (Lipinski definition) is 11. The largest absolute Gasteiger partial charge is 0.378 e. The van der Waals surface area contributed by atoms with E-state index in [0.717, 1.165) is 67.6 Å². The molecule has 0 radical (unpaired) electrons. The lowest BCUT2D eigenvalue weighted by Gasteiger charge is -2.37. The quantitative estimate of drug-likeness (QED) is 0.507. The first-order valence-electron chi connectivity index (χ1n) is 11.6. The van der Waals surface area contributed by atoms with Crippen molar-refractivity contribution in [2.75, 3.05) is 64.1 Å². The third kappa shape index (κ3) is 4.31. The summed E-state index contributed by atoms with van der Waals surface area (Å²) in [5, 5.41) is 5.59. The summed E-state index contributed by atoms with van der Waals surface area (Å²) in [7, 11) is 3.86. The van der Waals surface area contributed by atoms with Crippen LogP contribution in [0.2, 0.25) is 0 Å². The van der Waals surface area contributed by atoms with Crippen molar-refractivity contribution in [1.29, 1.82) is 0 Å². The summed E-state index contributed by atoms with van der Waals surface area (Å²) in [6.45, 7) is 4.37. The number of hydrogen-bond donors (Lipinski definition) is 1. The van der Waals surface area contributed by atoms with Gasteiger partial charge >= 0.3 is 0 Å². The number of nitrogens with two attached hydrogens (primary N) is 1. The third-order valence-corrected chi connectivity index (χ3v) is 6.55. The molecule has 0 saturated carbocycles. The van der Waals surface area contributed by atoms with Crippen molar-refractivity contribution in [2.45, 2.75) is 25.0 Å². The molecule has 1 atom stereocenters. The van der Waals surface area contributed by atoms with E-state index in [9.17, 15) is 4.79 Å². The van der Waals surface area contributed by atoms with Gasteiger partial charge in [0.15, 0.2) is 11.9 Å². The van der Waals surface area contributed by atoms with Crippen molar-refractivity contribution in [3.8, 4) is 11.3 Å². The molecule has 0 spiro atoms. The van der Waals surface area contributed by atoms with Gasteiger partial charge in [0, 0.05) is 44.1 Å². The minimum absolute atomic E-state index is 0.186. The number of morpholine rings is 1. The molecule has 0 aromatic carbocycles. The molecule has 180 valence electrons. The van der Waals surface area contributed by atoms with Crippen LogP contribution in [0.25, 0.3) is 22.3 Å². The van der Waals surface area contributed by atoms with E-state index < -0.39 is 0 Å². The van der Waals surface area contributed by atoms with Crippen molar-refractivity contribution >= 4 is 29.2 Å². The van der Waals surface area contributed by atoms with Gasteiger partial charge in [-0.25, -0.2) is 19.6 Å². The van der Waals surface area contributed by atoms with Crippen LogP contribution in [0.15, 0.2) is 18.6 Å². The van der Waals surface area contributed by atoms with Gasteiger partial charge in [0.05, 0.1) is 36.5 Å². The molecule has 2 N–H and O–H groups in total. The number of aldehydes is 1. The molecule has 12 nitrogen and oxygen atoms in total. The van der Waals surface area contributed by atoms with Crippen LogP contribution in [0, 0.1) is 0 Å². The number of carbonyl (C=O) groups is 1. The smallest absolute Gasteiger partial charge is 0.228 e. The molecule has 5 heterocycles. The van der Waals surface area contributed by atoms with Crippen LogP contribution in [-0.2, 0) is 9.53 Å². The van der Waals surface area contributed by atoms with Crippen molar-refractivity contribution in [1.82, 2.24) is 39.5 Å². The summed E-state index contributed by atoms with van der Waals surface area (Å²) in [6, 6.07) is 0.186. The molecule has 0 bridgehead atoms. The predicted molar refractivity (Wildman–Crippen MR) is 127 cm³/mol. The Morgan fingerprint density at radius 3 is 2.44 bits per heavy atom. The molecule has 5 rings (SSSR count). The minimum atomic E-state index is -0.206. The van der Waals surface area contributed by atoms with Crippen LogP contribution in [0.5, 0.6) is 0 Å². The lowest BCUT2D eigenvalue weighted by Crippen LogP contribution is -2.49. The average Bonchev–Trinajstić information content (AvgIpc) is 3.29. The predicted octanol–water partition coefficient (Wildman–Crippen LogP) is 0.426. The maximum absolute atomic E-state index is 11.6. The number of likely N-dealkylation sites (tertiary alicyclic amines) is 1. The van der Waals surface area contributed by atoms with Gasteiger partial charge in [0.25, 0.3) is 0 Å². The first-order valence-corrected chi connectivity index (χ1v) is 11.6. The SMILES string of the molecule is CN(C)C(C=O)N1CCC(n2ncc3c(-c4cnc(N)nc4)nc(N4CCOCC4)nc32)CC1. The molecule has 2 aliphatic rings. The molecule has 0 amide bonds. The highest BCUT2D eigenvalue weighted by atomic mass is 16.5. The second-order valence-corrected chi connectivity index (χ2v) is 8.91. The van der Waals surface area contributed by atoms with Crippen molar-refractivity contribution in [2.24, 2.45) is 0 Å². The van der Waals surface area contributed by atoms with E-state index in [0.29, 0.717) is 19.2 Å². The second-order valence-electron chi connectivity index (χ2n) is 8.91. The minimum Gasteiger partial charge on any atom is -0.378 e. The van der Waals surface area contributed by atoms with Crippen LogP contribution >= 0.6 is 0 Å². The maximum atomic E-state index is 11.6. The molecular weight excluding hydrogens is 436 g/mol. The lowest BCUT2D eigenvalue weighted by atomic mass is 10.0. The van der Waals surface area contributed by atoms with Gasteiger partial charge in [-0.05, 0) is 26.9 Å². The zero-order valence-corrected chi connectivity index (χ0v) is 19.5. The lowest BCUT2D eigenvalue weighted by molar-refractivity contribution is -0.118. The second kappa shape index (κ2) is 9.57. The van der Waals surface area contributed by atoms with Crippen LogP contribution in [0.1, 0.15) is 18.9 Å². The van der Waals surface area contributed by atoms with Crippen LogP contribution < -0.4 is 10.6 Å². The molecule has 2 fully saturated rings. The monoisotopic (exact) mass is 466 g/mol. The van der Waals surface area contributed by atoms with Crippen LogP contribution in [0.3, 0.4) is 0 Å². The highest BCUT2D eigenvalue weighted by Gasteiger charge is 2.29. The Hall–Kier alpha value is -3.22. The molecular formula is C22H30N10O2. The molecule has 34 heavy (non-hydrogen) atoms. The molecule has 3 aromatic rings. The Labute approximate surface area is 197 Å². The van der Waals surface area contributed by atoms with E-state index >= 15 is 0 Å². The van der Waals surface area contributed by atoms with E-state index in [4.69, 9.17) is 25.5 Å². The third-order valence-electron chi connectivity index (χ3n) is 6.55. The van der Waals surface area contributed by atoms with E-state index in [2.05, 4.69) is 19.8 Å². The zero-order valence-electron chi connectivity index (χ0n) is 19.5. The molecule has 3 aromatic heterocycles.